The second-order valence-corrected chi connectivity index (χ2v) is 6.86. The molecule has 0 saturated carbocycles. The minimum Gasteiger partial charge on any atom is -0.381 e. The van der Waals surface area contributed by atoms with Crippen LogP contribution in [0.5, 0.6) is 0 Å². The molecule has 0 bridgehead atoms. The Kier molecular flexibility index (Phi) is 12.3. The van der Waals surface area contributed by atoms with Gasteiger partial charge in [0.25, 0.3) is 0 Å². The van der Waals surface area contributed by atoms with E-state index in [9.17, 15) is 0 Å². The highest BCUT2D eigenvalue weighted by Crippen LogP contribution is 2.13. The Morgan fingerprint density at radius 1 is 1.26 bits per heavy atom. The summed E-state index contributed by atoms with van der Waals surface area (Å²) in [5.41, 5.74) is 0. The minimum atomic E-state index is 0. The first-order valence-corrected chi connectivity index (χ1v) is 8.71. The third-order valence-corrected chi connectivity index (χ3v) is 4.33. The van der Waals surface area contributed by atoms with Crippen molar-refractivity contribution in [3.63, 3.8) is 0 Å². The van der Waals surface area contributed by atoms with Gasteiger partial charge in [-0.2, -0.15) is 0 Å². The van der Waals surface area contributed by atoms with Crippen LogP contribution in [0.2, 0.25) is 0 Å². The molecule has 0 radical (unpaired) electrons. The molecule has 1 heterocycles. The molecule has 138 valence electrons. The van der Waals surface area contributed by atoms with E-state index in [0.717, 1.165) is 45.2 Å². The zero-order chi connectivity index (χ0) is 16.5. The van der Waals surface area contributed by atoms with E-state index < -0.39 is 0 Å². The van der Waals surface area contributed by atoms with Crippen molar-refractivity contribution in [1.82, 2.24) is 15.1 Å². The van der Waals surface area contributed by atoms with E-state index in [4.69, 9.17) is 4.74 Å². The van der Waals surface area contributed by atoms with Gasteiger partial charge in [0.1, 0.15) is 0 Å². The molecule has 5 nitrogen and oxygen atoms in total. The number of halogens is 1. The van der Waals surface area contributed by atoms with Gasteiger partial charge in [0.15, 0.2) is 5.96 Å². The van der Waals surface area contributed by atoms with Gasteiger partial charge in [0, 0.05) is 58.3 Å². The lowest BCUT2D eigenvalue weighted by Gasteiger charge is -2.31. The van der Waals surface area contributed by atoms with Gasteiger partial charge in [-0.25, -0.2) is 0 Å². The molecule has 23 heavy (non-hydrogen) atoms. The molecule has 1 rings (SSSR count). The first-order valence-electron chi connectivity index (χ1n) is 8.71. The summed E-state index contributed by atoms with van der Waals surface area (Å²) in [5.74, 6) is 1.63. The average Bonchev–Trinajstić information content (AvgIpc) is 2.94. The number of rotatable bonds is 8. The third-order valence-electron chi connectivity index (χ3n) is 4.33. The topological polar surface area (TPSA) is 40.1 Å². The third kappa shape index (κ3) is 8.54. The van der Waals surface area contributed by atoms with Gasteiger partial charge in [-0.1, -0.05) is 0 Å². The molecule has 1 unspecified atom stereocenters. The molecule has 1 aliphatic rings. The zero-order valence-electron chi connectivity index (χ0n) is 15.8. The van der Waals surface area contributed by atoms with Crippen LogP contribution in [0.1, 0.15) is 40.5 Å². The quantitative estimate of drug-likeness (QED) is 0.273. The highest BCUT2D eigenvalue weighted by molar-refractivity contribution is 14.0. The van der Waals surface area contributed by atoms with Crippen LogP contribution in [0.15, 0.2) is 4.99 Å². The Morgan fingerprint density at radius 3 is 2.39 bits per heavy atom. The number of nitrogens with one attached hydrogen (secondary N) is 1. The van der Waals surface area contributed by atoms with Gasteiger partial charge in [-0.15, -0.1) is 24.0 Å². The highest BCUT2D eigenvalue weighted by atomic mass is 127. The lowest BCUT2D eigenvalue weighted by molar-refractivity contribution is 0.173. The summed E-state index contributed by atoms with van der Waals surface area (Å²) in [7, 11) is 3.97. The molecule has 1 N–H and O–H groups in total. The van der Waals surface area contributed by atoms with Crippen molar-refractivity contribution in [2.24, 2.45) is 10.9 Å². The first-order chi connectivity index (χ1) is 10.5. The fourth-order valence-corrected chi connectivity index (χ4v) is 3.16. The maximum Gasteiger partial charge on any atom is 0.193 e. The Labute approximate surface area is 160 Å². The van der Waals surface area contributed by atoms with Crippen LogP contribution in [-0.4, -0.2) is 74.8 Å². The zero-order valence-corrected chi connectivity index (χ0v) is 18.2. The standard InChI is InChI=1S/C17H36N4O.HI/c1-14(2)21(15(3)4)10-7-9-19-17(18-5)20(6)12-16-8-11-22-13-16;/h14-16H,7-13H2,1-6H3,(H,18,19);1H. The highest BCUT2D eigenvalue weighted by Gasteiger charge is 2.19. The summed E-state index contributed by atoms with van der Waals surface area (Å²) >= 11 is 0. The number of ether oxygens (including phenoxy) is 1. The number of guanidine groups is 1. The Bertz CT molecular complexity index is 323. The Hall–Kier alpha value is -0.0800. The van der Waals surface area contributed by atoms with Gasteiger partial charge < -0.3 is 15.0 Å². The predicted octanol–water partition coefficient (Wildman–Crippen LogP) is 2.66. The fraction of sp³-hybridized carbons (Fsp3) is 0.941. The Balaban J connectivity index is 0.00000484. The Morgan fingerprint density at radius 2 is 1.91 bits per heavy atom. The van der Waals surface area contributed by atoms with E-state index in [-0.39, 0.29) is 24.0 Å². The maximum absolute atomic E-state index is 5.45. The monoisotopic (exact) mass is 440 g/mol. The summed E-state index contributed by atoms with van der Waals surface area (Å²) in [4.78, 5) is 9.15. The van der Waals surface area contributed by atoms with Crippen molar-refractivity contribution in [3.05, 3.63) is 0 Å². The van der Waals surface area contributed by atoms with Crippen LogP contribution in [0, 0.1) is 5.92 Å². The van der Waals surface area contributed by atoms with Crippen molar-refractivity contribution < 1.29 is 4.74 Å². The van der Waals surface area contributed by atoms with Crippen LogP contribution in [-0.2, 0) is 4.74 Å². The van der Waals surface area contributed by atoms with Gasteiger partial charge in [0.2, 0.25) is 0 Å². The van der Waals surface area contributed by atoms with Crippen LogP contribution in [0.25, 0.3) is 0 Å². The van der Waals surface area contributed by atoms with Gasteiger partial charge in [-0.3, -0.25) is 9.89 Å². The summed E-state index contributed by atoms with van der Waals surface area (Å²) in [6, 6.07) is 1.20. The van der Waals surface area contributed by atoms with Crippen LogP contribution >= 0.6 is 24.0 Å². The molecule has 1 fully saturated rings. The van der Waals surface area contributed by atoms with Gasteiger partial charge >= 0.3 is 0 Å². The lowest BCUT2D eigenvalue weighted by Crippen LogP contribution is -2.43. The van der Waals surface area contributed by atoms with Crippen LogP contribution in [0.3, 0.4) is 0 Å². The van der Waals surface area contributed by atoms with Crippen molar-refractivity contribution in [1.29, 1.82) is 0 Å². The average molecular weight is 440 g/mol. The molecule has 0 aromatic carbocycles. The summed E-state index contributed by atoms with van der Waals surface area (Å²) in [5, 5.41) is 3.48. The number of hydrogen-bond donors (Lipinski definition) is 1. The molecule has 0 aromatic heterocycles. The van der Waals surface area contributed by atoms with E-state index in [1.54, 1.807) is 0 Å². The molecular weight excluding hydrogens is 403 g/mol. The lowest BCUT2D eigenvalue weighted by atomic mass is 10.1. The second-order valence-electron chi connectivity index (χ2n) is 6.86. The number of aliphatic imine (C=N–C) groups is 1. The summed E-state index contributed by atoms with van der Waals surface area (Å²) in [6.45, 7) is 14.0. The van der Waals surface area contributed by atoms with Crippen molar-refractivity contribution in [2.45, 2.75) is 52.6 Å². The number of nitrogens with zero attached hydrogens (tertiary/aromatic N) is 3. The molecule has 1 atom stereocenters. The molecular formula is C17H37IN4O. The van der Waals surface area contributed by atoms with E-state index in [1.165, 1.54) is 6.42 Å². The predicted molar refractivity (Wildman–Crippen MR) is 110 cm³/mol. The molecule has 0 amide bonds. The van der Waals surface area contributed by atoms with E-state index in [1.807, 2.05) is 7.05 Å². The van der Waals surface area contributed by atoms with Crippen molar-refractivity contribution in [3.8, 4) is 0 Å². The first kappa shape index (κ1) is 22.9. The van der Waals surface area contributed by atoms with Crippen LogP contribution < -0.4 is 5.32 Å². The van der Waals surface area contributed by atoms with E-state index in [2.05, 4.69) is 54.9 Å². The number of hydrogen-bond acceptors (Lipinski definition) is 3. The smallest absolute Gasteiger partial charge is 0.193 e. The fourth-order valence-electron chi connectivity index (χ4n) is 3.16. The summed E-state index contributed by atoms with van der Waals surface area (Å²) in [6.07, 6.45) is 2.30. The summed E-state index contributed by atoms with van der Waals surface area (Å²) < 4.78 is 5.45. The maximum atomic E-state index is 5.45. The molecule has 0 aromatic rings. The van der Waals surface area contributed by atoms with Gasteiger partial charge in [-0.05, 0) is 40.5 Å². The van der Waals surface area contributed by atoms with E-state index in [0.29, 0.717) is 18.0 Å². The molecule has 1 saturated heterocycles. The van der Waals surface area contributed by atoms with E-state index >= 15 is 0 Å². The molecule has 1 aliphatic heterocycles. The minimum absolute atomic E-state index is 0. The van der Waals surface area contributed by atoms with Crippen molar-refractivity contribution >= 4 is 29.9 Å². The normalized spacial score (nSPS) is 18.7. The molecule has 0 spiro atoms. The SMILES string of the molecule is CN=C(NCCCN(C(C)C)C(C)C)N(C)CC1CCOC1.I. The van der Waals surface area contributed by atoms with Crippen LogP contribution in [0.4, 0.5) is 0 Å². The molecule has 6 heteroatoms. The largest absolute Gasteiger partial charge is 0.381 e. The van der Waals surface area contributed by atoms with Gasteiger partial charge in [0.05, 0.1) is 6.61 Å². The second kappa shape index (κ2) is 12.3. The molecule has 0 aliphatic carbocycles. The van der Waals surface area contributed by atoms with Crippen molar-refractivity contribution in [2.75, 3.05) is 46.9 Å².